The maximum absolute atomic E-state index is 12.9. The van der Waals surface area contributed by atoms with E-state index >= 15 is 0 Å². The summed E-state index contributed by atoms with van der Waals surface area (Å²) in [6, 6.07) is 0. The van der Waals surface area contributed by atoms with Gasteiger partial charge in [0.15, 0.2) is 6.10 Å². The van der Waals surface area contributed by atoms with Crippen molar-refractivity contribution in [1.29, 1.82) is 0 Å². The van der Waals surface area contributed by atoms with E-state index in [1.807, 2.05) is 21.1 Å². The Hall–Kier alpha value is -3.85. The largest absolute Gasteiger partial charge is 0.472 e. The molecule has 0 aliphatic rings. The molecule has 0 aliphatic heterocycles. The Morgan fingerprint density at radius 1 is 0.381 bits per heavy atom. The summed E-state index contributed by atoms with van der Waals surface area (Å²) in [4.78, 5) is 35.9. The van der Waals surface area contributed by atoms with Gasteiger partial charge in [0.1, 0.15) is 19.8 Å². The molecule has 0 aromatic heterocycles. The van der Waals surface area contributed by atoms with E-state index in [0.717, 1.165) is 109 Å². The fourth-order valence-electron chi connectivity index (χ4n) is 8.98. The minimum Gasteiger partial charge on any atom is -0.462 e. The lowest BCUT2D eigenvalue weighted by atomic mass is 10.0. The third kappa shape index (κ3) is 67.3. The Morgan fingerprint density at radius 3 is 1.01 bits per heavy atom. The molecule has 9 nitrogen and oxygen atoms in total. The number of rotatable bonds is 61. The van der Waals surface area contributed by atoms with Crippen LogP contribution in [0.2, 0.25) is 0 Å². The summed E-state index contributed by atoms with van der Waals surface area (Å²) in [6.45, 7) is 4.30. The number of esters is 2. The van der Waals surface area contributed by atoms with Crippen LogP contribution in [0, 0.1) is 0 Å². The van der Waals surface area contributed by atoms with Gasteiger partial charge in [-0.1, -0.05) is 276 Å². The molecule has 10 heteroatoms. The van der Waals surface area contributed by atoms with Crippen LogP contribution in [-0.2, 0) is 32.7 Å². The van der Waals surface area contributed by atoms with Gasteiger partial charge in [-0.25, -0.2) is 4.57 Å². The maximum atomic E-state index is 12.9. The highest BCUT2D eigenvalue weighted by Crippen LogP contribution is 2.43. The molecular weight excluding hydrogens is 1060 g/mol. The standard InChI is InChI=1S/C74H126NO8P/c1-6-8-10-12-14-16-18-20-22-24-26-28-30-32-33-34-35-36-37-38-39-40-41-43-45-47-49-51-53-55-57-59-61-63-65-67-74(77)83-72(71-82-84(78,79)81-69-68-75(3,4)5)70-80-73(76)66-64-62-60-58-56-54-52-50-48-46-44-42-31-29-27-25-23-21-19-17-15-13-11-9-7-2/h8,10,14,16,19-22,25-28,31-33,35-36,38-39,41-43,72H,6-7,9,11-13,15,17-18,23-24,29-30,34,37,40,44-71H2,1-5H3/p+1/b10-8-,16-14-,21-19-,22-20-,27-25-,28-26-,33-32-,36-35-,39-38-,42-31-,43-41-. The van der Waals surface area contributed by atoms with Crippen LogP contribution < -0.4 is 0 Å². The topological polar surface area (TPSA) is 108 Å². The predicted octanol–water partition coefficient (Wildman–Crippen LogP) is 22.0. The SMILES string of the molecule is CC/C=C\C/C=C\C/C=C\C/C=C\C/C=C\C/C=C\C/C=C\C/C=C\CCCCCCCCCCCCC(=O)OC(COC(=O)CCCCCCCCCCCC/C=C\C/C=C\C/C=C\CCCCCCC)COP(=O)(O)OCC[N+](C)(C)C. The van der Waals surface area contributed by atoms with Crippen molar-refractivity contribution in [2.45, 2.75) is 277 Å². The van der Waals surface area contributed by atoms with Crippen molar-refractivity contribution in [2.75, 3.05) is 47.5 Å². The average molecular weight is 1190 g/mol. The van der Waals surface area contributed by atoms with E-state index in [0.29, 0.717) is 17.4 Å². The Labute approximate surface area is 517 Å². The number of hydrogen-bond acceptors (Lipinski definition) is 7. The van der Waals surface area contributed by atoms with Crippen LogP contribution in [0.5, 0.6) is 0 Å². The second-order valence-corrected chi connectivity index (χ2v) is 24.9. The Balaban J connectivity index is 4.13. The number of carbonyl (C=O) groups is 2. The third-order valence-corrected chi connectivity index (χ3v) is 15.1. The van der Waals surface area contributed by atoms with Gasteiger partial charge >= 0.3 is 19.8 Å². The molecule has 0 bridgehead atoms. The lowest BCUT2D eigenvalue weighted by Crippen LogP contribution is -2.37. The van der Waals surface area contributed by atoms with E-state index in [1.165, 1.54) is 128 Å². The summed E-state index contributed by atoms with van der Waals surface area (Å²) in [5, 5.41) is 0. The molecule has 0 rings (SSSR count). The van der Waals surface area contributed by atoms with Gasteiger partial charge in [0, 0.05) is 12.8 Å². The highest BCUT2D eigenvalue weighted by atomic mass is 31.2. The molecule has 0 aromatic rings. The summed E-state index contributed by atoms with van der Waals surface area (Å²) in [5.41, 5.74) is 0. The number of quaternary nitrogens is 1. The average Bonchev–Trinajstić information content (AvgIpc) is 3.61. The quantitative estimate of drug-likeness (QED) is 0.0211. The van der Waals surface area contributed by atoms with Crippen molar-refractivity contribution < 1.29 is 42.1 Å². The van der Waals surface area contributed by atoms with Crippen LogP contribution in [0.15, 0.2) is 134 Å². The summed E-state index contributed by atoms with van der Waals surface area (Å²) in [6.07, 6.45) is 92.5. The number of hydrogen-bond donors (Lipinski definition) is 1. The minimum absolute atomic E-state index is 0.0240. The van der Waals surface area contributed by atoms with Crippen LogP contribution in [0.4, 0.5) is 0 Å². The molecule has 0 aliphatic carbocycles. The van der Waals surface area contributed by atoms with E-state index in [-0.39, 0.29) is 32.0 Å². The van der Waals surface area contributed by atoms with Crippen molar-refractivity contribution in [3.8, 4) is 0 Å². The highest BCUT2D eigenvalue weighted by molar-refractivity contribution is 7.47. The first kappa shape index (κ1) is 80.2. The summed E-state index contributed by atoms with van der Waals surface area (Å²) in [7, 11) is 1.46. The molecule has 0 amide bonds. The van der Waals surface area contributed by atoms with Crippen molar-refractivity contribution >= 4 is 19.8 Å². The number of carbonyl (C=O) groups excluding carboxylic acids is 2. The molecule has 2 unspecified atom stereocenters. The van der Waals surface area contributed by atoms with Gasteiger partial charge in [-0.3, -0.25) is 18.6 Å². The van der Waals surface area contributed by atoms with Gasteiger partial charge < -0.3 is 18.9 Å². The molecular formula is C74H127NO8P+. The molecule has 0 saturated carbocycles. The number of nitrogens with zero attached hydrogens (tertiary/aromatic N) is 1. The van der Waals surface area contributed by atoms with Gasteiger partial charge in [-0.2, -0.15) is 0 Å². The maximum Gasteiger partial charge on any atom is 0.472 e. The van der Waals surface area contributed by atoms with E-state index in [4.69, 9.17) is 18.5 Å². The Kier molecular flexibility index (Phi) is 60.7. The number of ether oxygens (including phenoxy) is 2. The van der Waals surface area contributed by atoms with Crippen LogP contribution in [0.3, 0.4) is 0 Å². The number of allylic oxidation sites excluding steroid dienone is 22. The Bertz CT molecular complexity index is 1880. The van der Waals surface area contributed by atoms with Crippen molar-refractivity contribution in [1.82, 2.24) is 0 Å². The molecule has 84 heavy (non-hydrogen) atoms. The fourth-order valence-corrected chi connectivity index (χ4v) is 9.72. The number of phosphoric acid groups is 1. The van der Waals surface area contributed by atoms with Crippen molar-refractivity contribution in [2.24, 2.45) is 0 Å². The van der Waals surface area contributed by atoms with Crippen LogP contribution in [0.1, 0.15) is 271 Å². The second kappa shape index (κ2) is 63.6. The van der Waals surface area contributed by atoms with Gasteiger partial charge in [-0.15, -0.1) is 0 Å². The molecule has 0 aromatic carbocycles. The number of unbranched alkanes of at least 4 members (excludes halogenated alkanes) is 25. The van der Waals surface area contributed by atoms with Crippen LogP contribution in [0.25, 0.3) is 0 Å². The van der Waals surface area contributed by atoms with Crippen molar-refractivity contribution in [3.05, 3.63) is 134 Å². The molecule has 480 valence electrons. The lowest BCUT2D eigenvalue weighted by Gasteiger charge is -2.24. The van der Waals surface area contributed by atoms with Gasteiger partial charge in [0.05, 0.1) is 27.7 Å². The molecule has 0 heterocycles. The molecule has 0 spiro atoms. The van der Waals surface area contributed by atoms with Crippen molar-refractivity contribution in [3.63, 3.8) is 0 Å². The van der Waals surface area contributed by atoms with E-state index in [2.05, 4.69) is 148 Å². The molecule has 1 N–H and O–H groups in total. The monoisotopic (exact) mass is 1190 g/mol. The number of likely N-dealkylation sites (N-methyl/N-ethyl adjacent to an activating group) is 1. The smallest absolute Gasteiger partial charge is 0.462 e. The highest BCUT2D eigenvalue weighted by Gasteiger charge is 2.27. The molecule has 2 atom stereocenters. The molecule has 0 radical (unpaired) electrons. The summed E-state index contributed by atoms with van der Waals surface area (Å²) < 4.78 is 34.7. The summed E-state index contributed by atoms with van der Waals surface area (Å²) >= 11 is 0. The predicted molar refractivity (Wildman–Crippen MR) is 362 cm³/mol. The van der Waals surface area contributed by atoms with E-state index in [1.54, 1.807) is 0 Å². The normalized spacial score (nSPS) is 14.0. The van der Waals surface area contributed by atoms with Gasteiger partial charge in [-0.05, 0) is 116 Å². The van der Waals surface area contributed by atoms with Crippen LogP contribution in [-0.4, -0.2) is 74.9 Å². The number of phosphoric ester groups is 1. The fraction of sp³-hybridized carbons (Fsp3) is 0.676. The zero-order valence-electron chi connectivity index (χ0n) is 54.6. The molecule has 0 saturated heterocycles. The van der Waals surface area contributed by atoms with Crippen LogP contribution >= 0.6 is 7.82 Å². The zero-order chi connectivity index (χ0) is 61.2. The molecule has 0 fully saturated rings. The zero-order valence-corrected chi connectivity index (χ0v) is 55.5. The lowest BCUT2D eigenvalue weighted by molar-refractivity contribution is -0.870. The second-order valence-electron chi connectivity index (χ2n) is 23.5. The summed E-state index contributed by atoms with van der Waals surface area (Å²) in [5.74, 6) is -0.810. The first-order chi connectivity index (χ1) is 41.0. The Morgan fingerprint density at radius 2 is 0.679 bits per heavy atom. The first-order valence-electron chi connectivity index (χ1n) is 33.9. The van der Waals surface area contributed by atoms with E-state index in [9.17, 15) is 19.0 Å². The minimum atomic E-state index is -4.40. The first-order valence-corrected chi connectivity index (χ1v) is 35.4. The van der Waals surface area contributed by atoms with E-state index < -0.39 is 26.5 Å². The third-order valence-electron chi connectivity index (χ3n) is 14.2. The van der Waals surface area contributed by atoms with Gasteiger partial charge in [0.2, 0.25) is 0 Å². The van der Waals surface area contributed by atoms with Gasteiger partial charge in [0.25, 0.3) is 0 Å².